The average Bonchev–Trinajstić information content (AvgIpc) is 2.33. The van der Waals surface area contributed by atoms with Gasteiger partial charge >= 0.3 is 0 Å². The Morgan fingerprint density at radius 1 is 1.26 bits per heavy atom. The Hall–Kier alpha value is 0.0700. The third-order valence-electron chi connectivity index (χ3n) is 3.44. The van der Waals surface area contributed by atoms with Gasteiger partial charge in [0.1, 0.15) is 0 Å². The lowest BCUT2D eigenvalue weighted by molar-refractivity contribution is 0.199. The fraction of sp³-hybridized carbons (Fsp3) is 0.571. The van der Waals surface area contributed by atoms with Gasteiger partial charge in [0.2, 0.25) is 0 Å². The highest BCUT2D eigenvalue weighted by Crippen LogP contribution is 2.32. The molecule has 2 nitrogen and oxygen atoms in total. The number of nitrogens with two attached hydrogens (primary N) is 1. The van der Waals surface area contributed by atoms with E-state index in [0.717, 1.165) is 18.7 Å². The molecule has 1 aliphatic heterocycles. The van der Waals surface area contributed by atoms with Gasteiger partial charge in [-0.2, -0.15) is 11.8 Å². The van der Waals surface area contributed by atoms with Crippen LogP contribution in [0.25, 0.3) is 0 Å². The summed E-state index contributed by atoms with van der Waals surface area (Å²) in [5, 5.41) is 2.48. The Morgan fingerprint density at radius 3 is 2.42 bits per heavy atom. The normalized spacial score (nSPS) is 26.4. The van der Waals surface area contributed by atoms with Gasteiger partial charge in [-0.15, -0.1) is 0 Å². The maximum Gasteiger partial charge on any atom is 0.0595 e. The molecule has 2 N–H and O–H groups in total. The number of hydrogen-bond acceptors (Lipinski definition) is 3. The van der Waals surface area contributed by atoms with E-state index in [0.29, 0.717) is 27.1 Å². The lowest BCUT2D eigenvalue weighted by atomic mass is 10.0. The summed E-state index contributed by atoms with van der Waals surface area (Å²) in [7, 11) is 0. The van der Waals surface area contributed by atoms with Gasteiger partial charge in [0.25, 0.3) is 0 Å². The van der Waals surface area contributed by atoms with Gasteiger partial charge in [-0.25, -0.2) is 0 Å². The summed E-state index contributed by atoms with van der Waals surface area (Å²) in [6, 6.07) is 6.05. The monoisotopic (exact) mass is 318 g/mol. The van der Waals surface area contributed by atoms with Crippen LogP contribution in [0.15, 0.2) is 18.2 Å². The predicted molar refractivity (Wildman–Crippen MR) is 86.3 cm³/mol. The van der Waals surface area contributed by atoms with Gasteiger partial charge in [0.15, 0.2) is 0 Å². The van der Waals surface area contributed by atoms with E-state index in [1.54, 1.807) is 0 Å². The van der Waals surface area contributed by atoms with Crippen LogP contribution < -0.4 is 5.73 Å². The maximum atomic E-state index is 6.12. The predicted octanol–water partition coefficient (Wildman–Crippen LogP) is 3.82. The van der Waals surface area contributed by atoms with Crippen LogP contribution in [0.1, 0.15) is 25.5 Å². The topological polar surface area (TPSA) is 29.3 Å². The lowest BCUT2D eigenvalue weighted by Crippen LogP contribution is -2.44. The van der Waals surface area contributed by atoms with Crippen molar-refractivity contribution in [2.24, 2.45) is 5.73 Å². The van der Waals surface area contributed by atoms with Crippen LogP contribution in [0.4, 0.5) is 0 Å². The summed E-state index contributed by atoms with van der Waals surface area (Å²) < 4.78 is 0. The van der Waals surface area contributed by atoms with E-state index in [1.165, 1.54) is 0 Å². The molecular weight excluding hydrogens is 299 g/mol. The molecule has 3 unspecified atom stereocenters. The number of rotatable bonds is 3. The minimum absolute atomic E-state index is 0.223. The molecule has 1 saturated heterocycles. The third kappa shape index (κ3) is 3.79. The Kier molecular flexibility index (Phi) is 5.44. The van der Waals surface area contributed by atoms with E-state index in [4.69, 9.17) is 28.9 Å². The fourth-order valence-electron chi connectivity index (χ4n) is 2.69. The van der Waals surface area contributed by atoms with Crippen molar-refractivity contribution < 1.29 is 0 Å². The maximum absolute atomic E-state index is 6.12. The van der Waals surface area contributed by atoms with Crippen LogP contribution in [0.2, 0.25) is 10.0 Å². The minimum Gasteiger partial charge on any atom is -0.329 e. The van der Waals surface area contributed by atoms with Crippen LogP contribution in [-0.2, 0) is 0 Å². The van der Waals surface area contributed by atoms with E-state index in [-0.39, 0.29) is 6.04 Å². The first kappa shape index (κ1) is 15.5. The first-order valence-corrected chi connectivity index (χ1v) is 8.25. The quantitative estimate of drug-likeness (QED) is 0.918. The molecule has 1 aromatic rings. The van der Waals surface area contributed by atoms with Crippen molar-refractivity contribution in [2.45, 2.75) is 30.4 Å². The highest BCUT2D eigenvalue weighted by molar-refractivity contribution is 8.00. The zero-order chi connectivity index (χ0) is 14.0. The molecule has 1 aliphatic rings. The van der Waals surface area contributed by atoms with Gasteiger partial charge in [0.05, 0.1) is 10.0 Å². The van der Waals surface area contributed by atoms with Gasteiger partial charge in [-0.05, 0) is 17.7 Å². The molecule has 0 aromatic heterocycles. The van der Waals surface area contributed by atoms with Crippen molar-refractivity contribution in [2.75, 3.05) is 19.6 Å². The summed E-state index contributed by atoms with van der Waals surface area (Å²) in [5.74, 6) is 0. The molecule has 0 saturated carbocycles. The standard InChI is InChI=1S/C14H20Cl2N2S/c1-9-7-18(8-10(2)19-9)14(6-17)11-3-4-12(15)13(16)5-11/h3-5,9-10,14H,6-8,17H2,1-2H3. The van der Waals surface area contributed by atoms with Crippen molar-refractivity contribution in [1.82, 2.24) is 4.90 Å². The van der Waals surface area contributed by atoms with Crippen molar-refractivity contribution in [1.29, 1.82) is 0 Å². The number of nitrogens with zero attached hydrogens (tertiary/aromatic N) is 1. The molecule has 0 bridgehead atoms. The molecule has 0 radical (unpaired) electrons. The van der Waals surface area contributed by atoms with Gasteiger partial charge in [-0.3, -0.25) is 4.90 Å². The van der Waals surface area contributed by atoms with E-state index in [9.17, 15) is 0 Å². The van der Waals surface area contributed by atoms with Crippen molar-refractivity contribution in [3.8, 4) is 0 Å². The molecule has 1 fully saturated rings. The summed E-state index contributed by atoms with van der Waals surface area (Å²) in [6.07, 6.45) is 0. The Bertz CT molecular complexity index is 431. The van der Waals surface area contributed by atoms with Crippen LogP contribution >= 0.6 is 35.0 Å². The molecule has 106 valence electrons. The lowest BCUT2D eigenvalue weighted by Gasteiger charge is -2.39. The van der Waals surface area contributed by atoms with Crippen LogP contribution in [-0.4, -0.2) is 35.0 Å². The zero-order valence-corrected chi connectivity index (χ0v) is 13.6. The van der Waals surface area contributed by atoms with Gasteiger partial charge in [-0.1, -0.05) is 43.1 Å². The summed E-state index contributed by atoms with van der Waals surface area (Å²) in [4.78, 5) is 2.46. The number of halogens is 2. The number of hydrogen-bond donors (Lipinski definition) is 1. The molecule has 19 heavy (non-hydrogen) atoms. The Labute approximate surface area is 129 Å². The second-order valence-corrected chi connectivity index (χ2v) is 7.83. The molecule has 3 atom stereocenters. The molecule has 0 amide bonds. The molecule has 1 aromatic carbocycles. The summed E-state index contributed by atoms with van der Waals surface area (Å²) >= 11 is 14.1. The molecule has 2 rings (SSSR count). The largest absolute Gasteiger partial charge is 0.329 e. The summed E-state index contributed by atoms with van der Waals surface area (Å²) in [6.45, 7) is 7.28. The SMILES string of the molecule is CC1CN(C(CN)c2ccc(Cl)c(Cl)c2)CC(C)S1. The Balaban J connectivity index is 2.21. The van der Waals surface area contributed by atoms with E-state index in [1.807, 2.05) is 30.0 Å². The highest BCUT2D eigenvalue weighted by atomic mass is 35.5. The Morgan fingerprint density at radius 2 is 1.89 bits per heavy atom. The van der Waals surface area contributed by atoms with Crippen molar-refractivity contribution >= 4 is 35.0 Å². The zero-order valence-electron chi connectivity index (χ0n) is 11.3. The van der Waals surface area contributed by atoms with Gasteiger partial charge < -0.3 is 5.73 Å². The molecule has 1 heterocycles. The van der Waals surface area contributed by atoms with Gasteiger partial charge in [0, 0.05) is 36.2 Å². The van der Waals surface area contributed by atoms with E-state index in [2.05, 4.69) is 18.7 Å². The molecular formula is C14H20Cl2N2S. The smallest absolute Gasteiger partial charge is 0.0595 e. The van der Waals surface area contributed by atoms with E-state index >= 15 is 0 Å². The van der Waals surface area contributed by atoms with Crippen molar-refractivity contribution in [3.05, 3.63) is 33.8 Å². The highest BCUT2D eigenvalue weighted by Gasteiger charge is 2.28. The molecule has 5 heteroatoms. The summed E-state index contributed by atoms with van der Waals surface area (Å²) in [5.41, 5.74) is 7.15. The first-order valence-electron chi connectivity index (χ1n) is 6.55. The van der Waals surface area contributed by atoms with Crippen molar-refractivity contribution in [3.63, 3.8) is 0 Å². The average molecular weight is 319 g/mol. The number of benzene rings is 1. The molecule has 0 spiro atoms. The van der Waals surface area contributed by atoms with Crippen LogP contribution in [0.5, 0.6) is 0 Å². The second-order valence-electron chi connectivity index (χ2n) is 5.14. The van der Waals surface area contributed by atoms with Crippen LogP contribution in [0.3, 0.4) is 0 Å². The number of thioether (sulfide) groups is 1. The minimum atomic E-state index is 0.223. The fourth-order valence-corrected chi connectivity index (χ4v) is 4.34. The third-order valence-corrected chi connectivity index (χ3v) is 5.41. The first-order chi connectivity index (χ1) is 9.01. The van der Waals surface area contributed by atoms with Crippen LogP contribution in [0, 0.1) is 0 Å². The molecule has 0 aliphatic carbocycles. The second kappa shape index (κ2) is 6.68. The van der Waals surface area contributed by atoms with E-state index < -0.39 is 0 Å².